The van der Waals surface area contributed by atoms with E-state index in [1.165, 1.54) is 12.3 Å². The van der Waals surface area contributed by atoms with Crippen LogP contribution in [0.25, 0.3) is 22.0 Å². The molecule has 2 fully saturated rings. The number of ether oxygens (including phenoxy) is 2. The second kappa shape index (κ2) is 10.9. The Labute approximate surface area is 264 Å². The van der Waals surface area contributed by atoms with Crippen LogP contribution in [0.2, 0.25) is 0 Å². The zero-order valence-corrected chi connectivity index (χ0v) is 22.6. The average Bonchev–Trinajstić information content (AvgIpc) is 3.74. The Kier molecular flexibility index (Phi) is 7.37. The van der Waals surface area contributed by atoms with Gasteiger partial charge in [-0.15, -0.1) is 0 Å². The number of carbonyl (C=O) groups is 3. The number of aromatic nitrogens is 2. The molecule has 2 aliphatic heterocycles. The maximum atomic E-state index is 13.6. The molecule has 1 N–H and O–H groups in total. The summed E-state index contributed by atoms with van der Waals surface area (Å²) in [7, 11) is 1.63. The van der Waals surface area contributed by atoms with E-state index in [4.69, 9.17) is 9.47 Å². The summed E-state index contributed by atoms with van der Waals surface area (Å²) in [5, 5.41) is 10.3. The number of rotatable bonds is 5. The molecule has 3 aliphatic rings. The summed E-state index contributed by atoms with van der Waals surface area (Å²) in [5.41, 5.74) is 2.79. The number of amides is 1. The van der Waals surface area contributed by atoms with E-state index in [2.05, 4.69) is 15.7 Å². The standard InChI is InChI=1S/C32H29N3O6.Na.H/c1-40-29-17-21(16-26-23(29)7-11-35(26)22-3-4-22)30(37)34-12-8-32(9-13-34)18-27(36)24-14-19(2-5-28(24)41-32)20-6-10-33-25(15-20)31(38)39;;/h2,5-7,10-11,14-17,22H,3-4,8-9,12-13,18H2,1H3,(H,38,39);;. The first-order valence-electron chi connectivity index (χ1n) is 13.9. The van der Waals surface area contributed by atoms with Gasteiger partial charge >= 0.3 is 35.5 Å². The molecule has 1 aliphatic carbocycles. The molecule has 10 heteroatoms. The minimum atomic E-state index is -1.11. The number of hydrogen-bond acceptors (Lipinski definition) is 6. The van der Waals surface area contributed by atoms with Crippen molar-refractivity contribution < 1.29 is 29.0 Å². The maximum absolute atomic E-state index is 13.6. The quantitative estimate of drug-likeness (QED) is 0.343. The first kappa shape index (κ1) is 28.5. The van der Waals surface area contributed by atoms with Crippen molar-refractivity contribution in [2.24, 2.45) is 0 Å². The normalized spacial score (nSPS) is 17.4. The second-order valence-electron chi connectivity index (χ2n) is 11.2. The van der Waals surface area contributed by atoms with Gasteiger partial charge in [-0.2, -0.15) is 0 Å². The molecule has 210 valence electrons. The molecule has 1 saturated carbocycles. The van der Waals surface area contributed by atoms with Crippen LogP contribution in [0.15, 0.2) is 60.9 Å². The molecule has 1 spiro atoms. The molecular weight excluding hydrogens is 545 g/mol. The van der Waals surface area contributed by atoms with Gasteiger partial charge in [0.2, 0.25) is 0 Å². The Morgan fingerprint density at radius 1 is 1.05 bits per heavy atom. The van der Waals surface area contributed by atoms with Crippen LogP contribution in [-0.2, 0) is 0 Å². The number of nitrogens with zero attached hydrogens (tertiary/aromatic N) is 3. The number of carbonyl (C=O) groups excluding carboxylic acids is 2. The van der Waals surface area contributed by atoms with E-state index < -0.39 is 11.6 Å². The van der Waals surface area contributed by atoms with Crippen molar-refractivity contribution in [2.75, 3.05) is 20.2 Å². The van der Waals surface area contributed by atoms with Crippen LogP contribution < -0.4 is 9.47 Å². The Bertz CT molecular complexity index is 1740. The molecule has 1 amide bonds. The van der Waals surface area contributed by atoms with E-state index in [1.807, 2.05) is 29.2 Å². The van der Waals surface area contributed by atoms with Gasteiger partial charge in [0.05, 0.1) is 24.6 Å². The first-order chi connectivity index (χ1) is 19.8. The fraction of sp³-hybridized carbons (Fsp3) is 0.312. The molecular formula is C32H30N3NaO6. The summed E-state index contributed by atoms with van der Waals surface area (Å²) in [6.07, 6.45) is 7.16. The van der Waals surface area contributed by atoms with Gasteiger partial charge in [-0.05, 0) is 66.4 Å². The predicted molar refractivity (Wildman–Crippen MR) is 158 cm³/mol. The molecule has 0 atom stereocenters. The fourth-order valence-corrected chi connectivity index (χ4v) is 6.17. The number of piperidine rings is 1. The molecule has 42 heavy (non-hydrogen) atoms. The van der Waals surface area contributed by atoms with Gasteiger partial charge in [-0.3, -0.25) is 9.59 Å². The van der Waals surface area contributed by atoms with Crippen LogP contribution in [0.1, 0.15) is 69.4 Å². The molecule has 0 bridgehead atoms. The number of hydrogen-bond donors (Lipinski definition) is 1. The van der Waals surface area contributed by atoms with Crippen LogP contribution >= 0.6 is 0 Å². The third-order valence-electron chi connectivity index (χ3n) is 8.57. The van der Waals surface area contributed by atoms with Crippen LogP contribution in [0.3, 0.4) is 0 Å². The van der Waals surface area contributed by atoms with Gasteiger partial charge in [-0.25, -0.2) is 9.78 Å². The number of ketones is 1. The van der Waals surface area contributed by atoms with E-state index in [0.29, 0.717) is 60.2 Å². The predicted octanol–water partition coefficient (Wildman–Crippen LogP) is 4.74. The van der Waals surface area contributed by atoms with Crippen molar-refractivity contribution in [1.29, 1.82) is 0 Å². The summed E-state index contributed by atoms with van der Waals surface area (Å²) in [4.78, 5) is 44.0. The van der Waals surface area contributed by atoms with Crippen LogP contribution in [0.4, 0.5) is 0 Å². The summed E-state index contributed by atoms with van der Waals surface area (Å²) in [6.45, 7) is 0.969. The van der Waals surface area contributed by atoms with Crippen molar-refractivity contribution in [3.05, 3.63) is 77.7 Å². The van der Waals surface area contributed by atoms with Gasteiger partial charge in [0.1, 0.15) is 22.8 Å². The van der Waals surface area contributed by atoms with E-state index in [1.54, 1.807) is 25.3 Å². The Morgan fingerprint density at radius 3 is 2.52 bits per heavy atom. The zero-order chi connectivity index (χ0) is 28.3. The SMILES string of the molecule is COc1cc(C(=O)N2CCC3(CC2)CC(=O)c2cc(-c4ccnc(C(=O)O)c4)ccc2O3)cc2c1ccn2C1CC1.[NaH]. The van der Waals surface area contributed by atoms with Crippen molar-refractivity contribution in [3.8, 4) is 22.6 Å². The number of fused-ring (bicyclic) bond motifs is 2. The average molecular weight is 576 g/mol. The zero-order valence-electron chi connectivity index (χ0n) is 22.6. The molecule has 0 unspecified atom stereocenters. The topological polar surface area (TPSA) is 111 Å². The molecule has 7 rings (SSSR count). The minimum absolute atomic E-state index is 0. The number of pyridine rings is 1. The number of Topliss-reactive ketones (excluding diaryl/α,β-unsaturated/α-hetero) is 1. The number of carboxylic acid groups (broad SMARTS) is 1. The third-order valence-corrected chi connectivity index (χ3v) is 8.57. The van der Waals surface area contributed by atoms with Crippen molar-refractivity contribution >= 4 is 58.1 Å². The second-order valence-corrected chi connectivity index (χ2v) is 11.2. The van der Waals surface area contributed by atoms with Crippen LogP contribution in [0, 0.1) is 0 Å². The van der Waals surface area contributed by atoms with Gasteiger partial charge < -0.3 is 24.0 Å². The van der Waals surface area contributed by atoms with Crippen LogP contribution in [0.5, 0.6) is 11.5 Å². The monoisotopic (exact) mass is 575 g/mol. The summed E-state index contributed by atoms with van der Waals surface area (Å²) < 4.78 is 14.3. The van der Waals surface area contributed by atoms with E-state index in [9.17, 15) is 19.5 Å². The third kappa shape index (κ3) is 4.99. The van der Waals surface area contributed by atoms with Gasteiger partial charge in [0.25, 0.3) is 5.91 Å². The molecule has 0 radical (unpaired) electrons. The first-order valence-corrected chi connectivity index (χ1v) is 13.9. The van der Waals surface area contributed by atoms with Gasteiger partial charge in [0, 0.05) is 55.3 Å². The number of likely N-dealkylation sites (tertiary alicyclic amines) is 1. The number of carboxylic acids is 1. The number of methoxy groups -OCH3 is 1. The van der Waals surface area contributed by atoms with Gasteiger partial charge in [0.15, 0.2) is 5.78 Å². The summed E-state index contributed by atoms with van der Waals surface area (Å²) in [5.74, 6) is 0.0454. The van der Waals surface area contributed by atoms with E-state index in [0.717, 1.165) is 29.3 Å². The number of benzene rings is 2. The molecule has 9 nitrogen and oxygen atoms in total. The Hall–Kier alpha value is -3.66. The molecule has 4 heterocycles. The Balaban J connectivity index is 0.00000316. The molecule has 2 aromatic heterocycles. The Morgan fingerprint density at radius 2 is 1.81 bits per heavy atom. The molecule has 2 aromatic carbocycles. The summed E-state index contributed by atoms with van der Waals surface area (Å²) >= 11 is 0. The molecule has 1 saturated heterocycles. The summed E-state index contributed by atoms with van der Waals surface area (Å²) in [6, 6.07) is 14.9. The van der Waals surface area contributed by atoms with Crippen molar-refractivity contribution in [3.63, 3.8) is 0 Å². The van der Waals surface area contributed by atoms with Crippen LogP contribution in [-0.4, -0.2) is 92.6 Å². The van der Waals surface area contributed by atoms with E-state index >= 15 is 0 Å². The van der Waals surface area contributed by atoms with Gasteiger partial charge in [-0.1, -0.05) is 6.07 Å². The van der Waals surface area contributed by atoms with Crippen molar-refractivity contribution in [1.82, 2.24) is 14.5 Å². The fourth-order valence-electron chi connectivity index (χ4n) is 6.17. The number of aromatic carboxylic acids is 1. The van der Waals surface area contributed by atoms with Crippen molar-refractivity contribution in [2.45, 2.75) is 43.7 Å². The van der Waals surface area contributed by atoms with E-state index in [-0.39, 0.29) is 53.4 Å². The molecule has 4 aromatic rings.